The van der Waals surface area contributed by atoms with E-state index in [0.29, 0.717) is 24.4 Å². The maximum atomic E-state index is 6.22. The van der Waals surface area contributed by atoms with Gasteiger partial charge in [0.1, 0.15) is 0 Å². The fourth-order valence-electron chi connectivity index (χ4n) is 3.12. The largest absolute Gasteiger partial charge is 0.381 e. The average Bonchev–Trinajstić information content (AvgIpc) is 2.40. The SMILES string of the molecule is COC1CCC(OC2CCCC(OC)C2)CC1. The first-order valence-corrected chi connectivity index (χ1v) is 7.03. The molecule has 0 aromatic rings. The molecule has 0 spiro atoms. The first-order valence-electron chi connectivity index (χ1n) is 7.03. The molecular weight excluding hydrogens is 216 g/mol. The minimum atomic E-state index is 0.420. The normalized spacial score (nSPS) is 39.2. The van der Waals surface area contributed by atoms with Crippen LogP contribution in [0.5, 0.6) is 0 Å². The van der Waals surface area contributed by atoms with Crippen LogP contribution in [-0.2, 0) is 14.2 Å². The molecular formula is C14H26O3. The molecule has 2 saturated carbocycles. The first-order chi connectivity index (χ1) is 8.31. The summed E-state index contributed by atoms with van der Waals surface area (Å²) in [5.74, 6) is 0. The van der Waals surface area contributed by atoms with Crippen molar-refractivity contribution in [2.24, 2.45) is 0 Å². The third kappa shape index (κ3) is 3.94. The minimum Gasteiger partial charge on any atom is -0.381 e. The molecule has 0 radical (unpaired) electrons. The van der Waals surface area contributed by atoms with Crippen LogP contribution in [0.2, 0.25) is 0 Å². The van der Waals surface area contributed by atoms with Gasteiger partial charge in [0, 0.05) is 14.2 Å². The standard InChI is InChI=1S/C14H26O3/c1-15-11-6-8-12(9-7-11)17-14-5-3-4-13(10-14)16-2/h11-14H,3-10H2,1-2H3. The van der Waals surface area contributed by atoms with Crippen molar-refractivity contribution < 1.29 is 14.2 Å². The Bertz CT molecular complexity index is 212. The van der Waals surface area contributed by atoms with Crippen molar-refractivity contribution in [1.29, 1.82) is 0 Å². The van der Waals surface area contributed by atoms with Crippen LogP contribution >= 0.6 is 0 Å². The fourth-order valence-corrected chi connectivity index (χ4v) is 3.12. The van der Waals surface area contributed by atoms with E-state index >= 15 is 0 Å². The molecule has 100 valence electrons. The summed E-state index contributed by atoms with van der Waals surface area (Å²) in [6, 6.07) is 0. The van der Waals surface area contributed by atoms with Crippen LogP contribution in [0.25, 0.3) is 0 Å². The van der Waals surface area contributed by atoms with Gasteiger partial charge in [0.25, 0.3) is 0 Å². The molecule has 0 bridgehead atoms. The number of ether oxygens (including phenoxy) is 3. The Kier molecular flexibility index (Phi) is 5.26. The van der Waals surface area contributed by atoms with E-state index in [2.05, 4.69) is 0 Å². The van der Waals surface area contributed by atoms with E-state index in [4.69, 9.17) is 14.2 Å². The number of hydrogen-bond acceptors (Lipinski definition) is 3. The second-order valence-electron chi connectivity index (χ2n) is 5.42. The highest BCUT2D eigenvalue weighted by Crippen LogP contribution is 2.29. The molecule has 17 heavy (non-hydrogen) atoms. The lowest BCUT2D eigenvalue weighted by Gasteiger charge is -2.34. The van der Waals surface area contributed by atoms with Crippen molar-refractivity contribution in [3.8, 4) is 0 Å². The first kappa shape index (κ1) is 13.3. The van der Waals surface area contributed by atoms with Crippen molar-refractivity contribution in [2.45, 2.75) is 75.8 Å². The van der Waals surface area contributed by atoms with E-state index in [0.717, 1.165) is 32.1 Å². The monoisotopic (exact) mass is 242 g/mol. The molecule has 2 atom stereocenters. The third-order valence-electron chi connectivity index (χ3n) is 4.25. The summed E-state index contributed by atoms with van der Waals surface area (Å²) >= 11 is 0. The van der Waals surface area contributed by atoms with Gasteiger partial charge in [-0.3, -0.25) is 0 Å². The van der Waals surface area contributed by atoms with Crippen molar-refractivity contribution in [1.82, 2.24) is 0 Å². The van der Waals surface area contributed by atoms with Gasteiger partial charge in [0.15, 0.2) is 0 Å². The minimum absolute atomic E-state index is 0.420. The summed E-state index contributed by atoms with van der Waals surface area (Å²) in [5.41, 5.74) is 0. The Morgan fingerprint density at radius 3 is 1.88 bits per heavy atom. The molecule has 3 nitrogen and oxygen atoms in total. The number of methoxy groups -OCH3 is 2. The van der Waals surface area contributed by atoms with Crippen molar-refractivity contribution in [3.63, 3.8) is 0 Å². The van der Waals surface area contributed by atoms with Crippen LogP contribution in [0.3, 0.4) is 0 Å². The molecule has 2 fully saturated rings. The topological polar surface area (TPSA) is 27.7 Å². The Balaban J connectivity index is 1.70. The molecule has 2 aliphatic carbocycles. The summed E-state index contributed by atoms with van der Waals surface area (Å²) < 4.78 is 17.1. The van der Waals surface area contributed by atoms with Gasteiger partial charge in [-0.2, -0.15) is 0 Å². The number of rotatable bonds is 4. The zero-order valence-electron chi connectivity index (χ0n) is 11.2. The predicted octanol–water partition coefficient (Wildman–Crippen LogP) is 2.92. The lowest BCUT2D eigenvalue weighted by molar-refractivity contribution is -0.0872. The molecule has 3 heteroatoms. The smallest absolute Gasteiger partial charge is 0.0603 e. The quantitative estimate of drug-likeness (QED) is 0.758. The zero-order valence-corrected chi connectivity index (χ0v) is 11.2. The highest BCUT2D eigenvalue weighted by molar-refractivity contribution is 4.78. The summed E-state index contributed by atoms with van der Waals surface area (Å²) in [7, 11) is 3.63. The van der Waals surface area contributed by atoms with E-state index < -0.39 is 0 Å². The van der Waals surface area contributed by atoms with Gasteiger partial charge >= 0.3 is 0 Å². The van der Waals surface area contributed by atoms with Gasteiger partial charge < -0.3 is 14.2 Å². The maximum absolute atomic E-state index is 6.22. The Morgan fingerprint density at radius 1 is 0.647 bits per heavy atom. The second kappa shape index (κ2) is 6.72. The van der Waals surface area contributed by atoms with Gasteiger partial charge in [-0.05, 0) is 51.4 Å². The van der Waals surface area contributed by atoms with Crippen molar-refractivity contribution >= 4 is 0 Å². The molecule has 0 aliphatic heterocycles. The third-order valence-corrected chi connectivity index (χ3v) is 4.25. The van der Waals surface area contributed by atoms with E-state index in [1.54, 1.807) is 0 Å². The van der Waals surface area contributed by atoms with Crippen LogP contribution in [0.1, 0.15) is 51.4 Å². The summed E-state index contributed by atoms with van der Waals surface area (Å²) in [6.07, 6.45) is 11.1. The fraction of sp³-hybridized carbons (Fsp3) is 1.00. The molecule has 0 aromatic carbocycles. The van der Waals surface area contributed by atoms with Gasteiger partial charge in [-0.1, -0.05) is 0 Å². The average molecular weight is 242 g/mol. The lowest BCUT2D eigenvalue weighted by Crippen LogP contribution is -2.33. The Labute approximate surface area is 105 Å². The molecule has 0 aromatic heterocycles. The second-order valence-corrected chi connectivity index (χ2v) is 5.42. The van der Waals surface area contributed by atoms with Gasteiger partial charge in [-0.25, -0.2) is 0 Å². The van der Waals surface area contributed by atoms with E-state index in [1.165, 1.54) is 19.3 Å². The van der Waals surface area contributed by atoms with E-state index in [9.17, 15) is 0 Å². The van der Waals surface area contributed by atoms with Gasteiger partial charge in [-0.15, -0.1) is 0 Å². The number of hydrogen-bond donors (Lipinski definition) is 0. The van der Waals surface area contributed by atoms with E-state index in [1.807, 2.05) is 14.2 Å². The van der Waals surface area contributed by atoms with Crippen molar-refractivity contribution in [3.05, 3.63) is 0 Å². The molecule has 0 heterocycles. The van der Waals surface area contributed by atoms with Crippen molar-refractivity contribution in [2.75, 3.05) is 14.2 Å². The summed E-state index contributed by atoms with van der Waals surface area (Å²) in [5, 5.41) is 0. The summed E-state index contributed by atoms with van der Waals surface area (Å²) in [4.78, 5) is 0. The molecule has 0 saturated heterocycles. The summed E-state index contributed by atoms with van der Waals surface area (Å²) in [6.45, 7) is 0. The van der Waals surface area contributed by atoms with Crippen LogP contribution in [-0.4, -0.2) is 38.6 Å². The lowest BCUT2D eigenvalue weighted by atomic mass is 9.92. The predicted molar refractivity (Wildman–Crippen MR) is 67.2 cm³/mol. The Hall–Kier alpha value is -0.120. The molecule has 2 rings (SSSR count). The molecule has 2 aliphatic rings. The van der Waals surface area contributed by atoms with Gasteiger partial charge in [0.05, 0.1) is 24.4 Å². The zero-order chi connectivity index (χ0) is 12.1. The highest BCUT2D eigenvalue weighted by Gasteiger charge is 2.27. The molecule has 0 amide bonds. The van der Waals surface area contributed by atoms with E-state index in [-0.39, 0.29) is 0 Å². The molecule has 2 unspecified atom stereocenters. The van der Waals surface area contributed by atoms with Crippen LogP contribution < -0.4 is 0 Å². The van der Waals surface area contributed by atoms with Crippen LogP contribution in [0.4, 0.5) is 0 Å². The molecule has 0 N–H and O–H groups in total. The Morgan fingerprint density at radius 2 is 1.24 bits per heavy atom. The van der Waals surface area contributed by atoms with Crippen LogP contribution in [0, 0.1) is 0 Å². The highest BCUT2D eigenvalue weighted by atomic mass is 16.5. The van der Waals surface area contributed by atoms with Gasteiger partial charge in [0.2, 0.25) is 0 Å². The van der Waals surface area contributed by atoms with Crippen LogP contribution in [0.15, 0.2) is 0 Å². The maximum Gasteiger partial charge on any atom is 0.0603 e.